The average molecular weight is 622 g/mol. The molecule has 0 atom stereocenters. The zero-order valence-electron chi connectivity index (χ0n) is 27.9. The second-order valence-corrected chi connectivity index (χ2v) is 14.9. The highest BCUT2D eigenvalue weighted by molar-refractivity contribution is 5.93. The van der Waals surface area contributed by atoms with Gasteiger partial charge in [-0.15, -0.1) is 0 Å². The fourth-order valence-electron chi connectivity index (χ4n) is 9.92. The molecule has 10 rings (SSSR count). The van der Waals surface area contributed by atoms with Crippen LogP contribution >= 0.6 is 0 Å². The van der Waals surface area contributed by atoms with Gasteiger partial charge in [-0.05, 0) is 127 Å². The molecule has 4 fully saturated rings. The van der Waals surface area contributed by atoms with Crippen LogP contribution in [0.4, 0.5) is 17.1 Å². The van der Waals surface area contributed by atoms with Gasteiger partial charge >= 0.3 is 0 Å². The highest BCUT2D eigenvalue weighted by atomic mass is 15.1. The van der Waals surface area contributed by atoms with Crippen molar-refractivity contribution in [1.82, 2.24) is 0 Å². The summed E-state index contributed by atoms with van der Waals surface area (Å²) in [6.45, 7) is 2.18. The van der Waals surface area contributed by atoms with E-state index in [1.165, 1.54) is 83.2 Å². The number of rotatable bonds is 7. The largest absolute Gasteiger partial charge is 0.309 e. The predicted molar refractivity (Wildman–Crippen MR) is 202 cm³/mol. The molecule has 4 bridgehead atoms. The van der Waals surface area contributed by atoms with E-state index in [2.05, 4.69) is 163 Å². The Labute approximate surface area is 285 Å². The molecular weight excluding hydrogens is 579 g/mol. The van der Waals surface area contributed by atoms with Crippen LogP contribution in [0, 0.1) is 24.7 Å². The Kier molecular flexibility index (Phi) is 7.30. The second-order valence-electron chi connectivity index (χ2n) is 14.9. The van der Waals surface area contributed by atoms with E-state index in [4.69, 9.17) is 0 Å². The minimum absolute atomic E-state index is 0.439. The van der Waals surface area contributed by atoms with Gasteiger partial charge in [0.2, 0.25) is 0 Å². The van der Waals surface area contributed by atoms with Gasteiger partial charge in [0.15, 0.2) is 0 Å². The Morgan fingerprint density at radius 3 is 1.56 bits per heavy atom. The Hall–Kier alpha value is -4.88. The van der Waals surface area contributed by atoms with Crippen molar-refractivity contribution in [1.29, 1.82) is 0 Å². The van der Waals surface area contributed by atoms with Crippen LogP contribution in [-0.2, 0) is 5.41 Å². The van der Waals surface area contributed by atoms with Gasteiger partial charge in [0.25, 0.3) is 0 Å². The van der Waals surface area contributed by atoms with E-state index in [-0.39, 0.29) is 0 Å². The van der Waals surface area contributed by atoms with Gasteiger partial charge in [0.1, 0.15) is 0 Å². The molecule has 4 aliphatic carbocycles. The van der Waals surface area contributed by atoms with Crippen LogP contribution in [0.3, 0.4) is 0 Å². The van der Waals surface area contributed by atoms with E-state index in [0.717, 1.165) is 29.1 Å². The van der Waals surface area contributed by atoms with Gasteiger partial charge in [-0.1, -0.05) is 127 Å². The molecule has 0 heterocycles. The van der Waals surface area contributed by atoms with Crippen LogP contribution in [0.1, 0.15) is 49.7 Å². The summed E-state index contributed by atoms with van der Waals surface area (Å²) in [4.78, 5) is 2.45. The second kappa shape index (κ2) is 12.0. The van der Waals surface area contributed by atoms with Crippen LogP contribution in [0.5, 0.6) is 0 Å². The lowest BCUT2D eigenvalue weighted by Crippen LogP contribution is -2.48. The normalized spacial score (nSPS) is 22.5. The number of nitrogens with zero attached hydrogens (tertiary/aromatic N) is 1. The van der Waals surface area contributed by atoms with Crippen LogP contribution in [0.25, 0.3) is 33.4 Å². The van der Waals surface area contributed by atoms with Gasteiger partial charge < -0.3 is 4.90 Å². The number of hydrogen-bond donors (Lipinski definition) is 0. The summed E-state index contributed by atoms with van der Waals surface area (Å²) < 4.78 is 0. The summed E-state index contributed by atoms with van der Waals surface area (Å²) in [6, 6.07) is 56.1. The third-order valence-corrected chi connectivity index (χ3v) is 11.7. The first-order valence-corrected chi connectivity index (χ1v) is 17.9. The van der Waals surface area contributed by atoms with Crippen LogP contribution in [-0.4, -0.2) is 0 Å². The molecule has 6 aromatic rings. The zero-order chi connectivity index (χ0) is 32.1. The number of para-hydroxylation sites is 1. The Bertz CT molecular complexity index is 2000. The molecule has 0 N–H and O–H groups in total. The molecule has 0 unspecified atom stereocenters. The first-order chi connectivity index (χ1) is 23.6. The monoisotopic (exact) mass is 621 g/mol. The molecule has 0 amide bonds. The third kappa shape index (κ3) is 5.27. The first kappa shape index (κ1) is 29.3. The van der Waals surface area contributed by atoms with Crippen molar-refractivity contribution in [2.24, 2.45) is 17.8 Å². The van der Waals surface area contributed by atoms with Gasteiger partial charge in [0, 0.05) is 16.8 Å². The van der Waals surface area contributed by atoms with Crippen molar-refractivity contribution < 1.29 is 0 Å². The highest BCUT2D eigenvalue weighted by Crippen LogP contribution is 2.60. The topological polar surface area (TPSA) is 3.24 Å². The molecule has 48 heavy (non-hydrogen) atoms. The minimum Gasteiger partial charge on any atom is -0.309 e. The maximum Gasteiger partial charge on any atom is 0.0540 e. The molecule has 0 aliphatic heterocycles. The van der Waals surface area contributed by atoms with Crippen molar-refractivity contribution in [3.8, 4) is 33.4 Å². The summed E-state index contributed by atoms with van der Waals surface area (Å²) in [7, 11) is 0. The molecule has 0 aromatic heterocycles. The summed E-state index contributed by atoms with van der Waals surface area (Å²) in [5.74, 6) is 2.90. The zero-order valence-corrected chi connectivity index (χ0v) is 27.9. The van der Waals surface area contributed by atoms with E-state index in [1.54, 1.807) is 5.56 Å². The van der Waals surface area contributed by atoms with E-state index in [1.807, 2.05) is 0 Å². The summed E-state index contributed by atoms with van der Waals surface area (Å²) >= 11 is 0. The molecular formula is C47H43N. The van der Waals surface area contributed by atoms with Crippen molar-refractivity contribution in [3.63, 3.8) is 0 Å². The Morgan fingerprint density at radius 1 is 0.458 bits per heavy atom. The van der Waals surface area contributed by atoms with Crippen LogP contribution in [0.15, 0.2) is 152 Å². The van der Waals surface area contributed by atoms with Crippen molar-refractivity contribution in [2.75, 3.05) is 4.90 Å². The van der Waals surface area contributed by atoms with E-state index in [0.29, 0.717) is 5.41 Å². The van der Waals surface area contributed by atoms with E-state index >= 15 is 0 Å². The standard InChI is InChI=1S/C47H43N/c1-33-16-25-46(44(26-33)40-12-6-3-7-13-40)48(45-15-9-8-14-43(45)39-10-4-2-5-11-39)42-23-19-38(20-24-42)37-17-21-41(22-18-37)47-30-34-27-35(31-47)29-36(28-34)32-47/h2-26,34-36H,27-32H2,1H3. The fourth-order valence-corrected chi connectivity index (χ4v) is 9.92. The lowest BCUT2D eigenvalue weighted by atomic mass is 9.48. The SMILES string of the molecule is Cc1ccc(N(c2ccc(-c3ccc(C45CC6CC(CC(C6)C4)C5)cc3)cc2)c2ccccc2-c2ccccc2)c(-c2ccccc2)c1. The van der Waals surface area contributed by atoms with E-state index in [9.17, 15) is 0 Å². The van der Waals surface area contributed by atoms with Gasteiger partial charge in [-0.25, -0.2) is 0 Å². The Morgan fingerprint density at radius 2 is 0.958 bits per heavy atom. The molecule has 1 nitrogen and oxygen atoms in total. The smallest absolute Gasteiger partial charge is 0.0540 e. The number of aryl methyl sites for hydroxylation is 1. The maximum atomic E-state index is 2.47. The van der Waals surface area contributed by atoms with Crippen molar-refractivity contribution >= 4 is 17.1 Å². The minimum atomic E-state index is 0.439. The van der Waals surface area contributed by atoms with Gasteiger partial charge in [-0.2, -0.15) is 0 Å². The van der Waals surface area contributed by atoms with Gasteiger partial charge in [-0.3, -0.25) is 0 Å². The van der Waals surface area contributed by atoms with E-state index < -0.39 is 0 Å². The first-order valence-electron chi connectivity index (χ1n) is 17.9. The summed E-state index contributed by atoms with van der Waals surface area (Å²) in [5, 5.41) is 0. The fraction of sp³-hybridized carbons (Fsp3) is 0.234. The molecule has 0 radical (unpaired) electrons. The predicted octanol–water partition coefficient (Wildman–Crippen LogP) is 12.9. The molecule has 0 saturated heterocycles. The third-order valence-electron chi connectivity index (χ3n) is 11.7. The Balaban J connectivity index is 1.11. The average Bonchev–Trinajstić information content (AvgIpc) is 3.13. The maximum absolute atomic E-state index is 2.47. The summed E-state index contributed by atoms with van der Waals surface area (Å²) in [6.07, 6.45) is 8.72. The highest BCUT2D eigenvalue weighted by Gasteiger charge is 2.51. The van der Waals surface area contributed by atoms with Crippen LogP contribution in [0.2, 0.25) is 0 Å². The molecule has 4 aliphatic rings. The quantitative estimate of drug-likeness (QED) is 0.171. The molecule has 1 heteroatoms. The number of hydrogen-bond acceptors (Lipinski definition) is 1. The molecule has 236 valence electrons. The lowest BCUT2D eigenvalue weighted by molar-refractivity contribution is -0.00518. The molecule has 6 aromatic carbocycles. The van der Waals surface area contributed by atoms with Crippen molar-refractivity contribution in [3.05, 3.63) is 163 Å². The molecule has 0 spiro atoms. The molecule has 4 saturated carbocycles. The van der Waals surface area contributed by atoms with Gasteiger partial charge in [0.05, 0.1) is 11.4 Å². The lowest BCUT2D eigenvalue weighted by Gasteiger charge is -2.57. The number of benzene rings is 6. The van der Waals surface area contributed by atoms with Crippen molar-refractivity contribution in [2.45, 2.75) is 50.9 Å². The van der Waals surface area contributed by atoms with Crippen LogP contribution < -0.4 is 4.90 Å². The summed E-state index contributed by atoms with van der Waals surface area (Å²) in [5.41, 5.74) is 14.2. The number of anilines is 3.